The van der Waals surface area contributed by atoms with Gasteiger partial charge in [0.05, 0.1) is 6.61 Å². The number of hydrogen-bond acceptors (Lipinski definition) is 4. The summed E-state index contributed by atoms with van der Waals surface area (Å²) in [5.41, 5.74) is 7.26. The van der Waals surface area contributed by atoms with Gasteiger partial charge in [-0.05, 0) is 62.9 Å². The van der Waals surface area contributed by atoms with Crippen LogP contribution in [-0.2, 0) is 10.3 Å². The standard InChI is InChI=1S/C19H28N2O2/c20-19(10-8-17(22)9-11-19)16-4-6-18(7-5-16)23-15-3-14-21-12-1-2-13-21/h4-7H,1-3,8-15,20H2. The molecular weight excluding hydrogens is 288 g/mol. The van der Waals surface area contributed by atoms with Crippen LogP contribution in [0.4, 0.5) is 0 Å². The number of hydrogen-bond donors (Lipinski definition) is 1. The topological polar surface area (TPSA) is 55.6 Å². The highest BCUT2D eigenvalue weighted by molar-refractivity contribution is 5.79. The molecule has 4 nitrogen and oxygen atoms in total. The zero-order valence-electron chi connectivity index (χ0n) is 13.9. The number of carbonyl (C=O) groups excluding carboxylic acids is 1. The highest BCUT2D eigenvalue weighted by Gasteiger charge is 2.32. The van der Waals surface area contributed by atoms with Crippen molar-refractivity contribution in [3.63, 3.8) is 0 Å². The maximum atomic E-state index is 11.4. The summed E-state index contributed by atoms with van der Waals surface area (Å²) in [7, 11) is 0. The normalized spacial score (nSPS) is 21.5. The zero-order valence-corrected chi connectivity index (χ0v) is 13.9. The molecule has 1 heterocycles. The van der Waals surface area contributed by atoms with Gasteiger partial charge in [-0.15, -0.1) is 0 Å². The molecule has 2 N–H and O–H groups in total. The van der Waals surface area contributed by atoms with Gasteiger partial charge in [0, 0.05) is 24.9 Å². The van der Waals surface area contributed by atoms with E-state index in [9.17, 15) is 4.79 Å². The number of benzene rings is 1. The summed E-state index contributed by atoms with van der Waals surface area (Å²) in [6.45, 7) is 4.39. The van der Waals surface area contributed by atoms with Crippen LogP contribution >= 0.6 is 0 Å². The molecule has 3 rings (SSSR count). The molecule has 0 radical (unpaired) electrons. The van der Waals surface area contributed by atoms with Crippen molar-refractivity contribution < 1.29 is 9.53 Å². The van der Waals surface area contributed by atoms with Crippen LogP contribution in [0.25, 0.3) is 0 Å². The minimum atomic E-state index is -0.345. The molecule has 0 atom stereocenters. The fourth-order valence-electron chi connectivity index (χ4n) is 3.63. The average Bonchev–Trinajstić information content (AvgIpc) is 3.08. The average molecular weight is 316 g/mol. The Hall–Kier alpha value is -1.39. The smallest absolute Gasteiger partial charge is 0.133 e. The van der Waals surface area contributed by atoms with Crippen LogP contribution in [0.3, 0.4) is 0 Å². The number of rotatable bonds is 6. The molecule has 1 aromatic carbocycles. The molecule has 23 heavy (non-hydrogen) atoms. The number of carbonyl (C=O) groups is 1. The predicted octanol–water partition coefficient (Wildman–Crippen LogP) is 2.85. The monoisotopic (exact) mass is 316 g/mol. The lowest BCUT2D eigenvalue weighted by Gasteiger charge is -2.33. The lowest BCUT2D eigenvalue weighted by Crippen LogP contribution is -2.40. The van der Waals surface area contributed by atoms with Gasteiger partial charge in [-0.2, -0.15) is 0 Å². The molecule has 0 bridgehead atoms. The van der Waals surface area contributed by atoms with Crippen molar-refractivity contribution in [2.24, 2.45) is 5.73 Å². The highest BCUT2D eigenvalue weighted by Crippen LogP contribution is 2.34. The van der Waals surface area contributed by atoms with E-state index in [-0.39, 0.29) is 5.54 Å². The molecule has 1 aliphatic heterocycles. The summed E-state index contributed by atoms with van der Waals surface area (Å²) in [5, 5.41) is 0. The molecule has 2 aliphatic rings. The molecular formula is C19H28N2O2. The van der Waals surface area contributed by atoms with Crippen LogP contribution in [0.2, 0.25) is 0 Å². The van der Waals surface area contributed by atoms with Crippen molar-refractivity contribution in [1.82, 2.24) is 4.90 Å². The van der Waals surface area contributed by atoms with Gasteiger partial charge < -0.3 is 15.4 Å². The van der Waals surface area contributed by atoms with Crippen molar-refractivity contribution in [3.05, 3.63) is 29.8 Å². The molecule has 0 amide bonds. The largest absolute Gasteiger partial charge is 0.494 e. The first-order valence-electron chi connectivity index (χ1n) is 8.92. The van der Waals surface area contributed by atoms with Crippen molar-refractivity contribution >= 4 is 5.78 Å². The predicted molar refractivity (Wildman–Crippen MR) is 91.6 cm³/mol. The number of nitrogens with two attached hydrogens (primary N) is 1. The van der Waals surface area contributed by atoms with Crippen LogP contribution in [-0.4, -0.2) is 36.9 Å². The van der Waals surface area contributed by atoms with E-state index in [0.717, 1.165) is 43.7 Å². The maximum Gasteiger partial charge on any atom is 0.133 e. The Labute approximate surface area is 139 Å². The van der Waals surface area contributed by atoms with E-state index in [1.54, 1.807) is 0 Å². The molecule has 0 aromatic heterocycles. The number of likely N-dealkylation sites (tertiary alicyclic amines) is 1. The van der Waals surface area contributed by atoms with Gasteiger partial charge in [-0.25, -0.2) is 0 Å². The van der Waals surface area contributed by atoms with Gasteiger partial charge in [0.2, 0.25) is 0 Å². The van der Waals surface area contributed by atoms with E-state index < -0.39 is 0 Å². The summed E-state index contributed by atoms with van der Waals surface area (Å²) in [5.74, 6) is 1.25. The summed E-state index contributed by atoms with van der Waals surface area (Å²) in [6, 6.07) is 8.14. The van der Waals surface area contributed by atoms with E-state index in [0.29, 0.717) is 18.6 Å². The third-order valence-electron chi connectivity index (χ3n) is 5.22. The quantitative estimate of drug-likeness (QED) is 0.820. The maximum absolute atomic E-state index is 11.4. The lowest BCUT2D eigenvalue weighted by molar-refractivity contribution is -0.121. The Morgan fingerprint density at radius 3 is 2.39 bits per heavy atom. The molecule has 4 heteroatoms. The van der Waals surface area contributed by atoms with Crippen molar-refractivity contribution in [2.75, 3.05) is 26.2 Å². The Balaban J connectivity index is 1.46. The molecule has 1 aliphatic carbocycles. The highest BCUT2D eigenvalue weighted by atomic mass is 16.5. The van der Waals surface area contributed by atoms with Crippen LogP contribution in [0.1, 0.15) is 50.5 Å². The Morgan fingerprint density at radius 1 is 1.09 bits per heavy atom. The molecule has 1 saturated carbocycles. The molecule has 2 fully saturated rings. The van der Waals surface area contributed by atoms with Gasteiger partial charge in [0.25, 0.3) is 0 Å². The Kier molecular flexibility index (Phi) is 5.34. The van der Waals surface area contributed by atoms with Crippen LogP contribution in [0.15, 0.2) is 24.3 Å². The summed E-state index contributed by atoms with van der Waals surface area (Å²) in [4.78, 5) is 13.9. The fourth-order valence-corrected chi connectivity index (χ4v) is 3.63. The van der Waals surface area contributed by atoms with Gasteiger partial charge in [-0.1, -0.05) is 12.1 Å². The van der Waals surface area contributed by atoms with Gasteiger partial charge >= 0.3 is 0 Å². The Bertz CT molecular complexity index is 511. The number of Topliss-reactive ketones (excluding diaryl/α,β-unsaturated/α-hetero) is 1. The Morgan fingerprint density at radius 2 is 1.74 bits per heavy atom. The van der Waals surface area contributed by atoms with Gasteiger partial charge in [-0.3, -0.25) is 4.79 Å². The molecule has 1 saturated heterocycles. The van der Waals surface area contributed by atoms with Gasteiger partial charge in [0.1, 0.15) is 11.5 Å². The third-order valence-corrected chi connectivity index (χ3v) is 5.22. The van der Waals surface area contributed by atoms with E-state index in [1.165, 1.54) is 25.9 Å². The van der Waals surface area contributed by atoms with Crippen LogP contribution in [0.5, 0.6) is 5.75 Å². The number of ether oxygens (including phenoxy) is 1. The zero-order chi connectivity index (χ0) is 16.1. The van der Waals surface area contributed by atoms with Crippen molar-refractivity contribution in [2.45, 2.75) is 50.5 Å². The third kappa shape index (κ3) is 4.33. The van der Waals surface area contributed by atoms with Crippen molar-refractivity contribution in [1.29, 1.82) is 0 Å². The first-order valence-corrected chi connectivity index (χ1v) is 8.92. The van der Waals surface area contributed by atoms with Gasteiger partial charge in [0.15, 0.2) is 0 Å². The second kappa shape index (κ2) is 7.45. The van der Waals surface area contributed by atoms with E-state index in [4.69, 9.17) is 10.5 Å². The molecule has 126 valence electrons. The molecule has 1 aromatic rings. The number of nitrogens with zero attached hydrogens (tertiary/aromatic N) is 1. The summed E-state index contributed by atoms with van der Waals surface area (Å²) >= 11 is 0. The minimum absolute atomic E-state index is 0.337. The summed E-state index contributed by atoms with van der Waals surface area (Å²) in [6.07, 6.45) is 6.47. The van der Waals surface area contributed by atoms with Crippen LogP contribution in [0, 0.1) is 0 Å². The van der Waals surface area contributed by atoms with E-state index >= 15 is 0 Å². The molecule has 0 unspecified atom stereocenters. The van der Waals surface area contributed by atoms with Crippen molar-refractivity contribution in [3.8, 4) is 5.75 Å². The SMILES string of the molecule is NC1(c2ccc(OCCCN3CCCC3)cc2)CCC(=O)CC1. The fraction of sp³-hybridized carbons (Fsp3) is 0.632. The first-order chi connectivity index (χ1) is 11.2. The van der Waals surface area contributed by atoms with Crippen LogP contribution < -0.4 is 10.5 Å². The second-order valence-corrected chi connectivity index (χ2v) is 6.97. The lowest BCUT2D eigenvalue weighted by atomic mass is 9.77. The van der Waals surface area contributed by atoms with E-state index in [2.05, 4.69) is 17.0 Å². The first kappa shape index (κ1) is 16.5. The summed E-state index contributed by atoms with van der Waals surface area (Å²) < 4.78 is 5.84. The second-order valence-electron chi connectivity index (χ2n) is 6.97. The minimum Gasteiger partial charge on any atom is -0.494 e. The molecule has 0 spiro atoms. The number of ketones is 1. The van der Waals surface area contributed by atoms with E-state index in [1.807, 2.05) is 12.1 Å².